The molecule has 154 valence electrons. The Kier molecular flexibility index (Phi) is 6.33. The predicted octanol–water partition coefficient (Wildman–Crippen LogP) is 5.19. The maximum atomic E-state index is 13.4. The van der Waals surface area contributed by atoms with Crippen molar-refractivity contribution in [3.63, 3.8) is 0 Å². The molecule has 1 N–H and O–H groups in total. The summed E-state index contributed by atoms with van der Waals surface area (Å²) in [5.74, 6) is -20.7. The van der Waals surface area contributed by atoms with Crippen molar-refractivity contribution in [2.45, 2.75) is 49.8 Å². The van der Waals surface area contributed by atoms with Crippen LogP contribution in [0.5, 0.6) is 5.75 Å². The van der Waals surface area contributed by atoms with E-state index in [0.717, 1.165) is 31.2 Å². The number of alkyl halides is 9. The fourth-order valence-electron chi connectivity index (χ4n) is 1.86. The van der Waals surface area contributed by atoms with E-state index in [1.807, 2.05) is 0 Å². The van der Waals surface area contributed by atoms with E-state index in [1.165, 1.54) is 0 Å². The van der Waals surface area contributed by atoms with Gasteiger partial charge in [0.05, 0.1) is 11.7 Å². The third kappa shape index (κ3) is 4.78. The van der Waals surface area contributed by atoms with Crippen molar-refractivity contribution in [3.8, 4) is 5.75 Å². The first-order valence-electron chi connectivity index (χ1n) is 7.23. The van der Waals surface area contributed by atoms with Crippen LogP contribution >= 0.6 is 0 Å². The maximum Gasteiger partial charge on any atom is 0.460 e. The number of aromatic hydroxyl groups is 1. The van der Waals surface area contributed by atoms with Gasteiger partial charge >= 0.3 is 29.9 Å². The van der Waals surface area contributed by atoms with Crippen molar-refractivity contribution in [1.82, 2.24) is 0 Å². The van der Waals surface area contributed by atoms with Gasteiger partial charge in [0.2, 0.25) is 0 Å². The molecule has 27 heavy (non-hydrogen) atoms. The molecule has 1 aromatic rings. The normalized spacial score (nSPS) is 14.7. The Balaban J connectivity index is 2.77. The minimum absolute atomic E-state index is 0.139. The summed E-state index contributed by atoms with van der Waals surface area (Å²) in [4.78, 5) is 11.7. The Morgan fingerprint density at radius 1 is 0.963 bits per heavy atom. The molecule has 0 aromatic heterocycles. The molecule has 0 radical (unpaired) electrons. The van der Waals surface area contributed by atoms with Crippen molar-refractivity contribution in [2.24, 2.45) is 0 Å². The molecular formula is C15H13F9O3. The van der Waals surface area contributed by atoms with E-state index in [9.17, 15) is 44.3 Å². The van der Waals surface area contributed by atoms with Crippen LogP contribution in [0.2, 0.25) is 0 Å². The number of ether oxygens (including phenoxy) is 1. The number of benzene rings is 1. The topological polar surface area (TPSA) is 46.5 Å². The van der Waals surface area contributed by atoms with Crippen LogP contribution in [0.3, 0.4) is 0 Å². The van der Waals surface area contributed by atoms with Crippen LogP contribution in [0.15, 0.2) is 24.3 Å². The minimum atomic E-state index is -6.95. The predicted molar refractivity (Wildman–Crippen MR) is 73.1 cm³/mol. The zero-order chi connectivity index (χ0) is 21.3. The van der Waals surface area contributed by atoms with Crippen LogP contribution in [-0.2, 0) is 4.74 Å². The van der Waals surface area contributed by atoms with Crippen LogP contribution < -0.4 is 0 Å². The molecule has 1 rings (SSSR count). The average Bonchev–Trinajstić information content (AvgIpc) is 2.52. The molecule has 0 amide bonds. The lowest BCUT2D eigenvalue weighted by molar-refractivity contribution is -0.397. The Labute approximate surface area is 146 Å². The van der Waals surface area contributed by atoms with Gasteiger partial charge in [-0.3, -0.25) is 0 Å². The van der Waals surface area contributed by atoms with Crippen molar-refractivity contribution in [1.29, 1.82) is 0 Å². The largest absolute Gasteiger partial charge is 0.508 e. The molecule has 3 nitrogen and oxygen atoms in total. The molecule has 0 aliphatic heterocycles. The summed E-state index contributed by atoms with van der Waals surface area (Å²) in [5.41, 5.74) is -0.139. The van der Waals surface area contributed by atoms with Crippen molar-refractivity contribution >= 4 is 5.97 Å². The van der Waals surface area contributed by atoms with Gasteiger partial charge < -0.3 is 9.84 Å². The molecule has 0 fully saturated rings. The highest BCUT2D eigenvalue weighted by Crippen LogP contribution is 2.54. The van der Waals surface area contributed by atoms with E-state index >= 15 is 0 Å². The van der Waals surface area contributed by atoms with Gasteiger partial charge in [0.1, 0.15) is 5.75 Å². The number of phenols is 1. The summed E-state index contributed by atoms with van der Waals surface area (Å²) < 4.78 is 119. The second-order valence-corrected chi connectivity index (χ2v) is 5.65. The molecule has 0 aliphatic rings. The van der Waals surface area contributed by atoms with Crippen LogP contribution in [0.1, 0.15) is 30.1 Å². The summed E-state index contributed by atoms with van der Waals surface area (Å²) in [7, 11) is 0. The number of phenolic OH excluding ortho intramolecular Hbond substituents is 1. The first-order chi connectivity index (χ1) is 12.0. The number of halogens is 9. The molecule has 12 heteroatoms. The van der Waals surface area contributed by atoms with Crippen molar-refractivity contribution in [3.05, 3.63) is 29.8 Å². The number of hydrogen-bond donors (Lipinski definition) is 1. The van der Waals surface area contributed by atoms with Crippen LogP contribution in [0.25, 0.3) is 0 Å². The highest BCUT2D eigenvalue weighted by atomic mass is 19.4. The molecule has 1 unspecified atom stereocenters. The fourth-order valence-corrected chi connectivity index (χ4v) is 1.86. The van der Waals surface area contributed by atoms with Gasteiger partial charge in [-0.1, -0.05) is 0 Å². The van der Waals surface area contributed by atoms with Crippen LogP contribution in [-0.4, -0.2) is 41.1 Å². The van der Waals surface area contributed by atoms with E-state index < -0.39 is 48.9 Å². The van der Waals surface area contributed by atoms with Crippen molar-refractivity contribution < 1.29 is 54.2 Å². The summed E-state index contributed by atoms with van der Waals surface area (Å²) in [6.07, 6.45) is -11.6. The van der Waals surface area contributed by atoms with Gasteiger partial charge in [0.25, 0.3) is 0 Å². The first kappa shape index (κ1) is 22.9. The SMILES string of the molecule is CC(CCC(F)(F)C(F)(F)C(F)(F)C(F)(F)F)OC(=O)c1ccc(O)cc1. The number of rotatable bonds is 7. The number of carbonyl (C=O) groups is 1. The average molecular weight is 412 g/mol. The van der Waals surface area contributed by atoms with E-state index in [4.69, 9.17) is 5.11 Å². The zero-order valence-electron chi connectivity index (χ0n) is 13.5. The fraction of sp³-hybridized carbons (Fsp3) is 0.533. The molecule has 0 heterocycles. The lowest BCUT2D eigenvalue weighted by Gasteiger charge is -2.34. The van der Waals surface area contributed by atoms with E-state index in [1.54, 1.807) is 0 Å². The van der Waals surface area contributed by atoms with Gasteiger partial charge in [-0.15, -0.1) is 0 Å². The molecule has 1 aromatic carbocycles. The van der Waals surface area contributed by atoms with E-state index in [2.05, 4.69) is 4.74 Å². The lowest BCUT2D eigenvalue weighted by atomic mass is 9.98. The standard InChI is InChI=1S/C15H13F9O3/c1-8(27-11(26)9-2-4-10(25)5-3-9)6-7-12(16,17)13(18,19)14(20,21)15(22,23)24/h2-5,8,25H,6-7H2,1H3. The summed E-state index contributed by atoms with van der Waals surface area (Å²) in [6.45, 7) is 0.967. The highest BCUT2D eigenvalue weighted by molar-refractivity contribution is 5.89. The Bertz CT molecular complexity index is 653. The van der Waals surface area contributed by atoms with E-state index in [0.29, 0.717) is 0 Å². The quantitative estimate of drug-likeness (QED) is 0.496. The monoisotopic (exact) mass is 412 g/mol. The van der Waals surface area contributed by atoms with Gasteiger partial charge in [-0.25, -0.2) is 4.79 Å². The number of hydrogen-bond acceptors (Lipinski definition) is 3. The van der Waals surface area contributed by atoms with E-state index in [-0.39, 0.29) is 11.3 Å². The molecule has 0 bridgehead atoms. The summed E-state index contributed by atoms with van der Waals surface area (Å²) in [5, 5.41) is 9.05. The number of carbonyl (C=O) groups excluding carboxylic acids is 1. The number of esters is 1. The molecular weight excluding hydrogens is 399 g/mol. The van der Waals surface area contributed by atoms with Crippen LogP contribution in [0, 0.1) is 0 Å². The lowest BCUT2D eigenvalue weighted by Crippen LogP contribution is -2.60. The third-order valence-corrected chi connectivity index (χ3v) is 3.49. The third-order valence-electron chi connectivity index (χ3n) is 3.49. The zero-order valence-corrected chi connectivity index (χ0v) is 13.5. The Morgan fingerprint density at radius 3 is 1.89 bits per heavy atom. The highest BCUT2D eigenvalue weighted by Gasteiger charge is 2.81. The van der Waals surface area contributed by atoms with Gasteiger partial charge in [0, 0.05) is 6.42 Å². The maximum absolute atomic E-state index is 13.4. The van der Waals surface area contributed by atoms with Crippen molar-refractivity contribution in [2.75, 3.05) is 0 Å². The first-order valence-corrected chi connectivity index (χ1v) is 7.23. The molecule has 0 aliphatic carbocycles. The summed E-state index contributed by atoms with van der Waals surface area (Å²) >= 11 is 0. The molecule has 0 saturated carbocycles. The van der Waals surface area contributed by atoms with Gasteiger partial charge in [-0.2, -0.15) is 39.5 Å². The molecule has 0 saturated heterocycles. The van der Waals surface area contributed by atoms with Gasteiger partial charge in [0.15, 0.2) is 0 Å². The molecule has 0 spiro atoms. The smallest absolute Gasteiger partial charge is 0.460 e. The second-order valence-electron chi connectivity index (χ2n) is 5.65. The second kappa shape index (κ2) is 7.47. The van der Waals surface area contributed by atoms with Gasteiger partial charge in [-0.05, 0) is 37.6 Å². The minimum Gasteiger partial charge on any atom is -0.508 e. The van der Waals surface area contributed by atoms with Crippen LogP contribution in [0.4, 0.5) is 39.5 Å². The Hall–Kier alpha value is -2.14. The molecule has 1 atom stereocenters. The Morgan fingerprint density at radius 2 is 1.44 bits per heavy atom. The summed E-state index contributed by atoms with van der Waals surface area (Å²) in [6, 6.07) is 4.37.